The molecule has 0 heterocycles. The van der Waals surface area contributed by atoms with E-state index in [1.54, 1.807) is 13.2 Å². The highest BCUT2D eigenvalue weighted by Crippen LogP contribution is 2.29. The van der Waals surface area contributed by atoms with E-state index in [0.717, 1.165) is 19.3 Å². The van der Waals surface area contributed by atoms with Crippen LogP contribution in [-0.2, 0) is 6.42 Å². The molecule has 2 aromatic carbocycles. The summed E-state index contributed by atoms with van der Waals surface area (Å²) in [5.74, 6) is 0.655. The molecule has 1 unspecified atom stereocenters. The van der Waals surface area contributed by atoms with E-state index in [-0.39, 0.29) is 11.9 Å². The van der Waals surface area contributed by atoms with Crippen LogP contribution < -0.4 is 10.1 Å². The third-order valence-corrected chi connectivity index (χ3v) is 4.01. The maximum Gasteiger partial charge on any atom is 0.251 e. The number of aryl methyl sites for hydroxylation is 1. The fraction of sp³-hybridized carbons (Fsp3) is 0.278. The number of carbonyl (C=O) groups excluding carboxylic acids is 1. The molecule has 0 bridgehead atoms. The molecule has 2 aromatic rings. The predicted molar refractivity (Wildman–Crippen MR) is 82.6 cm³/mol. The highest BCUT2D eigenvalue weighted by molar-refractivity contribution is 5.94. The van der Waals surface area contributed by atoms with E-state index in [1.807, 2.05) is 24.3 Å². The Morgan fingerprint density at radius 1 is 1.19 bits per heavy atom. The summed E-state index contributed by atoms with van der Waals surface area (Å²) in [5.41, 5.74) is 3.23. The van der Waals surface area contributed by atoms with Gasteiger partial charge in [0.1, 0.15) is 5.75 Å². The smallest absolute Gasteiger partial charge is 0.251 e. The molecule has 0 fully saturated rings. The summed E-state index contributed by atoms with van der Waals surface area (Å²) in [5, 5.41) is 3.15. The molecule has 0 spiro atoms. The molecule has 1 aliphatic carbocycles. The van der Waals surface area contributed by atoms with Crippen molar-refractivity contribution in [2.24, 2.45) is 0 Å². The lowest BCUT2D eigenvalue weighted by molar-refractivity contribution is 0.0932. The topological polar surface area (TPSA) is 38.3 Å². The number of benzene rings is 2. The van der Waals surface area contributed by atoms with Gasteiger partial charge in [-0.15, -0.1) is 0 Å². The first-order valence-electron chi connectivity index (χ1n) is 7.30. The highest BCUT2D eigenvalue weighted by Gasteiger charge is 2.21. The zero-order chi connectivity index (χ0) is 14.7. The van der Waals surface area contributed by atoms with Crippen LogP contribution in [0.5, 0.6) is 5.75 Å². The second kappa shape index (κ2) is 6.00. The Bertz CT molecular complexity index is 651. The van der Waals surface area contributed by atoms with E-state index in [1.165, 1.54) is 11.1 Å². The first kappa shape index (κ1) is 13.7. The van der Waals surface area contributed by atoms with Crippen molar-refractivity contribution >= 4 is 5.91 Å². The Labute approximate surface area is 124 Å². The van der Waals surface area contributed by atoms with Crippen molar-refractivity contribution in [3.63, 3.8) is 0 Å². The molecular formula is C18H19NO2. The van der Waals surface area contributed by atoms with Crippen molar-refractivity contribution in [1.29, 1.82) is 0 Å². The lowest BCUT2D eigenvalue weighted by atomic mass is 9.87. The van der Waals surface area contributed by atoms with E-state index in [4.69, 9.17) is 4.74 Å². The summed E-state index contributed by atoms with van der Waals surface area (Å²) in [6.07, 6.45) is 3.20. The van der Waals surface area contributed by atoms with Gasteiger partial charge in [-0.1, -0.05) is 30.3 Å². The molecule has 0 aromatic heterocycles. The van der Waals surface area contributed by atoms with Crippen LogP contribution in [0.15, 0.2) is 48.5 Å². The first-order chi connectivity index (χ1) is 10.3. The summed E-state index contributed by atoms with van der Waals surface area (Å²) >= 11 is 0. The van der Waals surface area contributed by atoms with Gasteiger partial charge in [0.25, 0.3) is 5.91 Å². The molecule has 1 aliphatic rings. The van der Waals surface area contributed by atoms with Gasteiger partial charge in [0.15, 0.2) is 0 Å². The minimum Gasteiger partial charge on any atom is -0.497 e. The highest BCUT2D eigenvalue weighted by atomic mass is 16.5. The van der Waals surface area contributed by atoms with Crippen molar-refractivity contribution < 1.29 is 9.53 Å². The van der Waals surface area contributed by atoms with Gasteiger partial charge >= 0.3 is 0 Å². The molecule has 1 atom stereocenters. The van der Waals surface area contributed by atoms with Crippen LogP contribution in [0.1, 0.15) is 40.4 Å². The second-order valence-electron chi connectivity index (χ2n) is 5.35. The quantitative estimate of drug-likeness (QED) is 0.935. The maximum atomic E-state index is 12.4. The predicted octanol–water partition coefficient (Wildman–Crippen LogP) is 3.50. The first-order valence-corrected chi connectivity index (χ1v) is 7.30. The van der Waals surface area contributed by atoms with E-state index in [9.17, 15) is 4.79 Å². The molecule has 108 valence electrons. The normalized spacial score (nSPS) is 16.9. The Morgan fingerprint density at radius 2 is 2.05 bits per heavy atom. The zero-order valence-electron chi connectivity index (χ0n) is 12.1. The average Bonchev–Trinajstić information content (AvgIpc) is 2.55. The lowest BCUT2D eigenvalue weighted by Gasteiger charge is -2.26. The maximum absolute atomic E-state index is 12.4. The summed E-state index contributed by atoms with van der Waals surface area (Å²) in [4.78, 5) is 12.4. The number of amides is 1. The van der Waals surface area contributed by atoms with Crippen LogP contribution in [0, 0.1) is 0 Å². The Kier molecular flexibility index (Phi) is 3.91. The monoisotopic (exact) mass is 281 g/mol. The molecule has 0 aliphatic heterocycles. The molecule has 3 heteroatoms. The van der Waals surface area contributed by atoms with Crippen LogP contribution in [0.4, 0.5) is 0 Å². The molecule has 3 rings (SSSR count). The Morgan fingerprint density at radius 3 is 2.90 bits per heavy atom. The van der Waals surface area contributed by atoms with Gasteiger partial charge in [0.05, 0.1) is 13.2 Å². The zero-order valence-corrected chi connectivity index (χ0v) is 12.1. The van der Waals surface area contributed by atoms with E-state index in [0.29, 0.717) is 11.3 Å². The third-order valence-electron chi connectivity index (χ3n) is 4.01. The molecule has 0 saturated heterocycles. The van der Waals surface area contributed by atoms with Crippen LogP contribution >= 0.6 is 0 Å². The largest absolute Gasteiger partial charge is 0.497 e. The average molecular weight is 281 g/mol. The van der Waals surface area contributed by atoms with Crippen molar-refractivity contribution in [1.82, 2.24) is 5.32 Å². The van der Waals surface area contributed by atoms with Crippen LogP contribution in [-0.4, -0.2) is 13.0 Å². The van der Waals surface area contributed by atoms with E-state index >= 15 is 0 Å². The SMILES string of the molecule is COc1cccc(C(=O)NC2CCCc3ccccc32)c1. The number of rotatable bonds is 3. The second-order valence-corrected chi connectivity index (χ2v) is 5.35. The Hall–Kier alpha value is -2.29. The van der Waals surface area contributed by atoms with Crippen molar-refractivity contribution in [3.8, 4) is 5.75 Å². The molecule has 1 N–H and O–H groups in total. The fourth-order valence-corrected chi connectivity index (χ4v) is 2.91. The summed E-state index contributed by atoms with van der Waals surface area (Å²) in [6, 6.07) is 15.7. The van der Waals surface area contributed by atoms with Crippen molar-refractivity contribution in [3.05, 3.63) is 65.2 Å². The molecule has 0 saturated carbocycles. The third kappa shape index (κ3) is 2.92. The van der Waals surface area contributed by atoms with Gasteiger partial charge in [0, 0.05) is 5.56 Å². The molecule has 0 radical (unpaired) electrons. The van der Waals surface area contributed by atoms with Crippen LogP contribution in [0.3, 0.4) is 0 Å². The van der Waals surface area contributed by atoms with E-state index < -0.39 is 0 Å². The molecular weight excluding hydrogens is 262 g/mol. The lowest BCUT2D eigenvalue weighted by Crippen LogP contribution is -2.30. The van der Waals surface area contributed by atoms with Crippen LogP contribution in [0.25, 0.3) is 0 Å². The van der Waals surface area contributed by atoms with Gasteiger partial charge in [-0.25, -0.2) is 0 Å². The summed E-state index contributed by atoms with van der Waals surface area (Å²) in [7, 11) is 1.61. The fourth-order valence-electron chi connectivity index (χ4n) is 2.91. The number of nitrogens with one attached hydrogen (secondary N) is 1. The standard InChI is InChI=1S/C18H19NO2/c1-21-15-9-4-8-14(12-15)18(20)19-17-11-5-7-13-6-2-3-10-16(13)17/h2-4,6,8-10,12,17H,5,7,11H2,1H3,(H,19,20). The minimum atomic E-state index is -0.0457. The number of methoxy groups -OCH3 is 1. The van der Waals surface area contributed by atoms with Crippen molar-refractivity contribution in [2.75, 3.05) is 7.11 Å². The molecule has 21 heavy (non-hydrogen) atoms. The summed E-state index contributed by atoms with van der Waals surface area (Å²) < 4.78 is 5.17. The van der Waals surface area contributed by atoms with Gasteiger partial charge in [-0.3, -0.25) is 4.79 Å². The Balaban J connectivity index is 1.79. The number of carbonyl (C=O) groups is 1. The van der Waals surface area contributed by atoms with E-state index in [2.05, 4.69) is 23.5 Å². The number of hydrogen-bond donors (Lipinski definition) is 1. The number of hydrogen-bond acceptors (Lipinski definition) is 2. The van der Waals surface area contributed by atoms with Gasteiger partial charge < -0.3 is 10.1 Å². The van der Waals surface area contributed by atoms with Crippen LogP contribution in [0.2, 0.25) is 0 Å². The summed E-state index contributed by atoms with van der Waals surface area (Å²) in [6.45, 7) is 0. The minimum absolute atomic E-state index is 0.0457. The number of fused-ring (bicyclic) bond motifs is 1. The van der Waals surface area contributed by atoms with Gasteiger partial charge in [-0.2, -0.15) is 0 Å². The number of ether oxygens (including phenoxy) is 1. The van der Waals surface area contributed by atoms with Crippen molar-refractivity contribution in [2.45, 2.75) is 25.3 Å². The molecule has 1 amide bonds. The van der Waals surface area contributed by atoms with Gasteiger partial charge in [-0.05, 0) is 48.6 Å². The molecule has 3 nitrogen and oxygen atoms in total. The van der Waals surface area contributed by atoms with Gasteiger partial charge in [0.2, 0.25) is 0 Å².